The lowest BCUT2D eigenvalue weighted by atomic mass is 9.80. The molecule has 13 aromatic rings. The Morgan fingerprint density at radius 1 is 0.270 bits per heavy atom. The molecule has 0 bridgehead atoms. The average molecular weight is 942 g/mol. The molecule has 0 saturated heterocycles. The first-order valence-corrected chi connectivity index (χ1v) is 25.8. The first-order valence-electron chi connectivity index (χ1n) is 25.8. The summed E-state index contributed by atoms with van der Waals surface area (Å²) < 4.78 is 0. The van der Waals surface area contributed by atoms with Crippen molar-refractivity contribution in [3.63, 3.8) is 0 Å². The summed E-state index contributed by atoms with van der Waals surface area (Å²) in [6.07, 6.45) is 0. The van der Waals surface area contributed by atoms with Gasteiger partial charge < -0.3 is 4.90 Å². The van der Waals surface area contributed by atoms with E-state index in [1.807, 2.05) is 0 Å². The highest BCUT2D eigenvalue weighted by Gasteiger charge is 2.35. The smallest absolute Gasteiger partial charge is 0.0540 e. The Morgan fingerprint density at radius 3 is 1.47 bits per heavy atom. The van der Waals surface area contributed by atoms with Crippen molar-refractivity contribution in [2.24, 2.45) is 0 Å². The minimum absolute atomic E-state index is 0.106. The van der Waals surface area contributed by atoms with Crippen LogP contribution in [0.1, 0.15) is 25.0 Å². The van der Waals surface area contributed by atoms with Crippen LogP contribution in [0.4, 0.5) is 17.1 Å². The Kier molecular flexibility index (Phi) is 10.3. The van der Waals surface area contributed by atoms with Crippen molar-refractivity contribution in [3.8, 4) is 66.8 Å². The van der Waals surface area contributed by atoms with E-state index in [1.165, 1.54) is 115 Å². The molecule has 0 N–H and O–H groups in total. The molecule has 1 aliphatic rings. The van der Waals surface area contributed by atoms with Crippen LogP contribution in [0.25, 0.3) is 110 Å². The van der Waals surface area contributed by atoms with E-state index in [4.69, 9.17) is 0 Å². The van der Waals surface area contributed by atoms with E-state index in [-0.39, 0.29) is 5.41 Å². The molecule has 1 aliphatic carbocycles. The van der Waals surface area contributed by atoms with Gasteiger partial charge in [-0.25, -0.2) is 0 Å². The summed E-state index contributed by atoms with van der Waals surface area (Å²) in [4.78, 5) is 2.40. The van der Waals surface area contributed by atoms with E-state index in [9.17, 15) is 0 Å². The number of nitrogens with zero attached hydrogens (tertiary/aromatic N) is 1. The molecule has 0 radical (unpaired) electrons. The van der Waals surface area contributed by atoms with Gasteiger partial charge in [-0.1, -0.05) is 232 Å². The first-order chi connectivity index (χ1) is 36.5. The molecule has 0 aromatic heterocycles. The van der Waals surface area contributed by atoms with Gasteiger partial charge in [-0.05, 0) is 170 Å². The Labute approximate surface area is 432 Å². The normalized spacial score (nSPS) is 12.6. The maximum atomic E-state index is 2.48. The van der Waals surface area contributed by atoms with Gasteiger partial charge in [0.2, 0.25) is 0 Å². The number of benzene rings is 13. The molecule has 1 nitrogen and oxygen atoms in total. The highest BCUT2D eigenvalue weighted by atomic mass is 15.1. The predicted octanol–water partition coefficient (Wildman–Crippen LogP) is 20.4. The van der Waals surface area contributed by atoms with Crippen LogP contribution >= 0.6 is 0 Å². The van der Waals surface area contributed by atoms with Gasteiger partial charge in [0, 0.05) is 22.2 Å². The molecule has 1 heteroatoms. The van der Waals surface area contributed by atoms with E-state index < -0.39 is 0 Å². The van der Waals surface area contributed by atoms with Gasteiger partial charge in [-0.15, -0.1) is 0 Å². The summed E-state index contributed by atoms with van der Waals surface area (Å²) in [5.41, 5.74) is 20.7. The average Bonchev–Trinajstić information content (AvgIpc) is 3.71. The van der Waals surface area contributed by atoms with Crippen molar-refractivity contribution in [2.45, 2.75) is 19.3 Å². The van der Waals surface area contributed by atoms with Gasteiger partial charge in [-0.2, -0.15) is 0 Å². The lowest BCUT2D eigenvalue weighted by Crippen LogP contribution is -2.14. The summed E-state index contributed by atoms with van der Waals surface area (Å²) in [5, 5.41) is 9.86. The second-order valence-corrected chi connectivity index (χ2v) is 20.4. The van der Waals surface area contributed by atoms with Gasteiger partial charge in [0.15, 0.2) is 0 Å². The molecular formula is C73H51N. The fraction of sp³-hybridized carbons (Fsp3) is 0.0411. The van der Waals surface area contributed by atoms with Crippen LogP contribution in [0.15, 0.2) is 273 Å². The van der Waals surface area contributed by atoms with Crippen LogP contribution in [0, 0.1) is 0 Å². The minimum Gasteiger partial charge on any atom is -0.310 e. The Morgan fingerprint density at radius 2 is 0.770 bits per heavy atom. The van der Waals surface area contributed by atoms with Crippen LogP contribution in [0.5, 0.6) is 0 Å². The highest BCUT2D eigenvalue weighted by Crippen LogP contribution is 2.53. The highest BCUT2D eigenvalue weighted by molar-refractivity contribution is 6.33. The SMILES string of the molecule is CC1(C)c2ccccc2-c2ccc(-c3ccc4c(c3)c3cc(-c5ccccc5)ccc3c3c(-c5ccccc5)cc(-c5ccccc5)c(-c5ccc(N(c6ccccc6)c6cccc7ccccc67)cc5)c43)cc21. The molecule has 74 heavy (non-hydrogen) atoms. The Bertz CT molecular complexity index is 4280. The minimum atomic E-state index is -0.106. The third-order valence-corrected chi connectivity index (χ3v) is 15.8. The van der Waals surface area contributed by atoms with Crippen LogP contribution in [0.3, 0.4) is 0 Å². The predicted molar refractivity (Wildman–Crippen MR) is 316 cm³/mol. The summed E-state index contributed by atoms with van der Waals surface area (Å²) in [6, 6.07) is 101. The summed E-state index contributed by atoms with van der Waals surface area (Å²) in [6.45, 7) is 4.75. The third kappa shape index (κ3) is 7.07. The van der Waals surface area contributed by atoms with Gasteiger partial charge in [0.25, 0.3) is 0 Å². The number of anilines is 3. The van der Waals surface area contributed by atoms with Crippen LogP contribution in [0.2, 0.25) is 0 Å². The van der Waals surface area contributed by atoms with E-state index in [2.05, 4.69) is 292 Å². The third-order valence-electron chi connectivity index (χ3n) is 15.8. The summed E-state index contributed by atoms with van der Waals surface area (Å²) in [5.74, 6) is 0. The van der Waals surface area contributed by atoms with Crippen molar-refractivity contribution in [1.29, 1.82) is 0 Å². The van der Waals surface area contributed by atoms with Crippen molar-refractivity contribution in [2.75, 3.05) is 4.90 Å². The van der Waals surface area contributed by atoms with Gasteiger partial charge in [0.05, 0.1) is 5.69 Å². The molecule has 0 heterocycles. The standard InChI is InChI=1S/C73H51N/c1-73(2)67-32-18-17-31-59(67)60-41-36-55(46-68(60)73)54-38-43-62-66(45-54)65-44-53(48-20-7-3-8-21-48)37-42-61(65)71-64(51-24-11-5-12-25-51)47-63(50-22-9-4-10-23-50)70(72(62)71)52-34-39-57(40-35-52)74(56-28-13-6-14-29-56)69-33-19-27-49-26-15-16-30-58(49)69/h3-47H,1-2H3. The van der Waals surface area contributed by atoms with Gasteiger partial charge >= 0.3 is 0 Å². The van der Waals surface area contributed by atoms with E-state index in [1.54, 1.807) is 0 Å². The molecule has 0 atom stereocenters. The lowest BCUT2D eigenvalue weighted by Gasteiger charge is -2.27. The van der Waals surface area contributed by atoms with Crippen molar-refractivity contribution in [3.05, 3.63) is 284 Å². The van der Waals surface area contributed by atoms with Crippen LogP contribution in [-0.4, -0.2) is 0 Å². The fourth-order valence-corrected chi connectivity index (χ4v) is 12.3. The number of fused-ring (bicyclic) bond motifs is 10. The van der Waals surface area contributed by atoms with E-state index in [0.717, 1.165) is 22.6 Å². The first kappa shape index (κ1) is 43.5. The zero-order valence-electron chi connectivity index (χ0n) is 41.4. The number of hydrogen-bond donors (Lipinski definition) is 0. The zero-order valence-corrected chi connectivity index (χ0v) is 41.4. The molecule has 348 valence electrons. The largest absolute Gasteiger partial charge is 0.310 e. The van der Waals surface area contributed by atoms with Crippen molar-refractivity contribution in [1.82, 2.24) is 0 Å². The fourth-order valence-electron chi connectivity index (χ4n) is 12.3. The number of para-hydroxylation sites is 1. The quantitative estimate of drug-likeness (QED) is 0.137. The van der Waals surface area contributed by atoms with Gasteiger partial charge in [-0.3, -0.25) is 0 Å². The van der Waals surface area contributed by atoms with Crippen molar-refractivity contribution < 1.29 is 0 Å². The monoisotopic (exact) mass is 941 g/mol. The maximum absolute atomic E-state index is 2.48. The van der Waals surface area contributed by atoms with Crippen LogP contribution < -0.4 is 4.90 Å². The Balaban J connectivity index is 1.07. The van der Waals surface area contributed by atoms with Crippen LogP contribution in [-0.2, 0) is 5.41 Å². The molecule has 0 saturated carbocycles. The molecule has 0 fully saturated rings. The van der Waals surface area contributed by atoms with Gasteiger partial charge in [0.1, 0.15) is 0 Å². The topological polar surface area (TPSA) is 3.24 Å². The molecule has 0 amide bonds. The lowest BCUT2D eigenvalue weighted by molar-refractivity contribution is 0.660. The van der Waals surface area contributed by atoms with E-state index >= 15 is 0 Å². The maximum Gasteiger partial charge on any atom is 0.0540 e. The molecule has 13 aromatic carbocycles. The number of rotatable bonds is 8. The van der Waals surface area contributed by atoms with E-state index in [0.29, 0.717) is 0 Å². The van der Waals surface area contributed by atoms with Crippen molar-refractivity contribution >= 4 is 60.2 Å². The Hall–Kier alpha value is -9.30. The molecular weight excluding hydrogens is 891 g/mol. The summed E-state index contributed by atoms with van der Waals surface area (Å²) >= 11 is 0. The number of hydrogen-bond acceptors (Lipinski definition) is 1. The molecule has 0 aliphatic heterocycles. The zero-order chi connectivity index (χ0) is 49.3. The molecule has 0 spiro atoms. The molecule has 0 unspecified atom stereocenters. The summed E-state index contributed by atoms with van der Waals surface area (Å²) in [7, 11) is 0. The molecule has 14 rings (SSSR count). The second kappa shape index (κ2) is 17.5. The second-order valence-electron chi connectivity index (χ2n) is 20.4.